The number of hydrogen-bond donors (Lipinski definition) is 0. The van der Waals surface area contributed by atoms with E-state index in [-0.39, 0.29) is 0 Å². The van der Waals surface area contributed by atoms with Crippen LogP contribution in [0.15, 0.2) is 61.3 Å². The van der Waals surface area contributed by atoms with E-state index in [4.69, 9.17) is 0 Å². The molecular formula is C15H10IN5. The molecule has 6 heteroatoms. The molecule has 4 heterocycles. The Morgan fingerprint density at radius 3 is 2.76 bits per heavy atom. The van der Waals surface area contributed by atoms with Gasteiger partial charge in [-0.15, -0.1) is 0 Å². The number of aromatic nitrogens is 5. The summed E-state index contributed by atoms with van der Waals surface area (Å²) in [7, 11) is 0. The Hall–Kier alpha value is -2.22. The largest absolute Gasteiger partial charge is 0.305 e. The molecule has 5 nitrogen and oxygen atoms in total. The van der Waals surface area contributed by atoms with E-state index in [1.165, 1.54) is 3.57 Å². The van der Waals surface area contributed by atoms with Gasteiger partial charge < -0.3 is 4.40 Å². The molecule has 4 rings (SSSR count). The molecule has 4 aromatic heterocycles. The lowest BCUT2D eigenvalue weighted by Crippen LogP contribution is -1.97. The molecule has 0 spiro atoms. The maximum absolute atomic E-state index is 4.61. The fourth-order valence-corrected chi connectivity index (χ4v) is 2.66. The first kappa shape index (κ1) is 12.5. The standard InChI is InChI=1S/C15H10IN5/c16-12-3-5-15-19-13(10-20(15)9-12)11-2-4-14(17-8-11)21-7-1-6-18-21/h1-10H/i16-4. The summed E-state index contributed by atoms with van der Waals surface area (Å²) in [6, 6.07) is 9.88. The maximum Gasteiger partial charge on any atom is 0.153 e. The van der Waals surface area contributed by atoms with Crippen LogP contribution in [0.3, 0.4) is 0 Å². The topological polar surface area (TPSA) is 48.0 Å². The molecule has 0 saturated heterocycles. The zero-order valence-corrected chi connectivity index (χ0v) is 13.0. The normalized spacial score (nSPS) is 11.1. The summed E-state index contributed by atoms with van der Waals surface area (Å²) >= 11 is 2.29. The van der Waals surface area contributed by atoms with E-state index in [0.717, 1.165) is 22.7 Å². The van der Waals surface area contributed by atoms with Gasteiger partial charge in [0.1, 0.15) is 5.65 Å². The second-order valence-corrected chi connectivity index (χ2v) is 5.84. The lowest BCUT2D eigenvalue weighted by molar-refractivity contribution is 0.847. The van der Waals surface area contributed by atoms with E-state index in [1.807, 2.05) is 53.3 Å². The van der Waals surface area contributed by atoms with Crippen molar-refractivity contribution in [2.24, 2.45) is 0 Å². The van der Waals surface area contributed by atoms with Crippen LogP contribution in [0, 0.1) is 3.57 Å². The van der Waals surface area contributed by atoms with Gasteiger partial charge in [-0.3, -0.25) is 0 Å². The molecule has 4 aromatic rings. The number of fused-ring (bicyclic) bond motifs is 1. The SMILES string of the molecule is [123I]c1ccc2nc(-c3ccc(-n4cccn4)nc3)cn2c1. The monoisotopic (exact) mass is 383 g/mol. The highest BCUT2D eigenvalue weighted by Crippen LogP contribution is 2.20. The van der Waals surface area contributed by atoms with E-state index in [9.17, 15) is 0 Å². The van der Waals surface area contributed by atoms with Crippen molar-refractivity contribution in [1.29, 1.82) is 0 Å². The third-order valence-corrected chi connectivity index (χ3v) is 3.84. The van der Waals surface area contributed by atoms with Gasteiger partial charge in [0.2, 0.25) is 0 Å². The van der Waals surface area contributed by atoms with Crippen LogP contribution < -0.4 is 0 Å². The molecule has 0 aliphatic rings. The molecule has 0 aromatic carbocycles. The summed E-state index contributed by atoms with van der Waals surface area (Å²) in [6.07, 6.45) is 9.50. The maximum atomic E-state index is 4.61. The minimum atomic E-state index is 0.794. The van der Waals surface area contributed by atoms with Crippen LogP contribution >= 0.6 is 22.6 Å². The first-order valence-electron chi connectivity index (χ1n) is 6.40. The molecule has 0 atom stereocenters. The first-order chi connectivity index (χ1) is 10.3. The average Bonchev–Trinajstić information content (AvgIpc) is 3.16. The minimum Gasteiger partial charge on any atom is -0.305 e. The number of nitrogens with zero attached hydrogens (tertiary/aromatic N) is 5. The Balaban J connectivity index is 1.74. The van der Waals surface area contributed by atoms with Gasteiger partial charge in [-0.1, -0.05) is 0 Å². The molecule has 0 radical (unpaired) electrons. The van der Waals surface area contributed by atoms with Gasteiger partial charge >= 0.3 is 0 Å². The van der Waals surface area contributed by atoms with Crippen LogP contribution in [0.2, 0.25) is 0 Å². The Bertz CT molecular complexity index is 894. The van der Waals surface area contributed by atoms with Crippen LogP contribution in [0.25, 0.3) is 22.7 Å². The number of pyridine rings is 2. The Labute approximate surface area is 134 Å². The third-order valence-electron chi connectivity index (χ3n) is 3.20. The van der Waals surface area contributed by atoms with Crippen molar-refractivity contribution in [3.05, 3.63) is 64.9 Å². The fraction of sp³-hybridized carbons (Fsp3) is 0. The van der Waals surface area contributed by atoms with E-state index < -0.39 is 0 Å². The Morgan fingerprint density at radius 1 is 1.05 bits per heavy atom. The lowest BCUT2D eigenvalue weighted by atomic mass is 10.2. The van der Waals surface area contributed by atoms with Gasteiger partial charge in [-0.05, 0) is 52.9 Å². The van der Waals surface area contributed by atoms with Crippen molar-refractivity contribution in [2.45, 2.75) is 0 Å². The quantitative estimate of drug-likeness (QED) is 0.500. The molecule has 0 N–H and O–H groups in total. The van der Waals surface area contributed by atoms with Crippen molar-refractivity contribution >= 4 is 28.2 Å². The molecule has 0 amide bonds. The minimum absolute atomic E-state index is 0.794. The van der Waals surface area contributed by atoms with Gasteiger partial charge in [-0.25, -0.2) is 14.6 Å². The van der Waals surface area contributed by atoms with Gasteiger partial charge in [0.15, 0.2) is 5.82 Å². The molecular weight excluding hydrogens is 373 g/mol. The molecule has 0 fully saturated rings. The smallest absolute Gasteiger partial charge is 0.153 e. The first-order valence-corrected chi connectivity index (χ1v) is 7.48. The molecule has 0 saturated carbocycles. The zero-order valence-electron chi connectivity index (χ0n) is 10.9. The van der Waals surface area contributed by atoms with Gasteiger partial charge in [-0.2, -0.15) is 5.10 Å². The second-order valence-electron chi connectivity index (χ2n) is 4.59. The van der Waals surface area contributed by atoms with Gasteiger partial charge in [0.25, 0.3) is 0 Å². The molecule has 0 unspecified atom stereocenters. The summed E-state index contributed by atoms with van der Waals surface area (Å²) in [5.74, 6) is 0.794. The van der Waals surface area contributed by atoms with E-state index in [0.29, 0.717) is 0 Å². The second kappa shape index (κ2) is 4.96. The molecule has 21 heavy (non-hydrogen) atoms. The van der Waals surface area contributed by atoms with Crippen LogP contribution in [0.5, 0.6) is 0 Å². The van der Waals surface area contributed by atoms with Gasteiger partial charge in [0, 0.05) is 40.1 Å². The fourth-order valence-electron chi connectivity index (χ4n) is 2.18. The number of imidazole rings is 1. The van der Waals surface area contributed by atoms with Crippen molar-refractivity contribution < 1.29 is 0 Å². The summed E-state index contributed by atoms with van der Waals surface area (Å²) in [4.78, 5) is 9.05. The van der Waals surface area contributed by atoms with Crippen molar-refractivity contribution in [1.82, 2.24) is 24.1 Å². The predicted octanol–water partition coefficient (Wildman–Crippen LogP) is 3.19. The van der Waals surface area contributed by atoms with Crippen molar-refractivity contribution in [2.75, 3.05) is 0 Å². The van der Waals surface area contributed by atoms with Crippen molar-refractivity contribution in [3.8, 4) is 17.1 Å². The Kier molecular flexibility index (Phi) is 2.95. The van der Waals surface area contributed by atoms with E-state index >= 15 is 0 Å². The van der Waals surface area contributed by atoms with Crippen molar-refractivity contribution in [3.63, 3.8) is 0 Å². The third kappa shape index (κ3) is 2.31. The van der Waals surface area contributed by atoms with E-state index in [1.54, 1.807) is 10.9 Å². The number of halogens is 1. The highest BCUT2D eigenvalue weighted by Gasteiger charge is 2.06. The summed E-state index contributed by atoms with van der Waals surface area (Å²) < 4.78 is 4.94. The van der Waals surface area contributed by atoms with Gasteiger partial charge in [0.05, 0.1) is 5.69 Å². The van der Waals surface area contributed by atoms with Crippen LogP contribution in [-0.2, 0) is 0 Å². The Morgan fingerprint density at radius 2 is 2.00 bits per heavy atom. The highest BCUT2D eigenvalue weighted by molar-refractivity contribution is 14.1. The molecule has 0 bridgehead atoms. The lowest BCUT2D eigenvalue weighted by Gasteiger charge is -2.01. The number of rotatable bonds is 2. The highest BCUT2D eigenvalue weighted by atomic mass is 123. The van der Waals surface area contributed by atoms with Crippen LogP contribution in [0.4, 0.5) is 0 Å². The average molecular weight is 383 g/mol. The molecule has 0 aliphatic heterocycles. The van der Waals surface area contributed by atoms with Crippen LogP contribution in [-0.4, -0.2) is 24.1 Å². The van der Waals surface area contributed by atoms with Crippen LogP contribution in [0.1, 0.15) is 0 Å². The summed E-state index contributed by atoms with van der Waals surface area (Å²) in [6.45, 7) is 0. The predicted molar refractivity (Wildman–Crippen MR) is 88.3 cm³/mol. The summed E-state index contributed by atoms with van der Waals surface area (Å²) in [5.41, 5.74) is 2.84. The zero-order chi connectivity index (χ0) is 14.2. The number of hydrogen-bond acceptors (Lipinski definition) is 3. The summed E-state index contributed by atoms with van der Waals surface area (Å²) in [5, 5.41) is 4.17. The molecule has 102 valence electrons. The van der Waals surface area contributed by atoms with E-state index in [2.05, 4.69) is 43.9 Å². The molecule has 0 aliphatic carbocycles.